The van der Waals surface area contributed by atoms with Crippen molar-refractivity contribution >= 4 is 5.97 Å². The first-order valence-electron chi connectivity index (χ1n) is 4.84. The fourth-order valence-corrected chi connectivity index (χ4v) is 1.78. The van der Waals surface area contributed by atoms with E-state index >= 15 is 0 Å². The predicted molar refractivity (Wildman–Crippen MR) is 50.0 cm³/mol. The van der Waals surface area contributed by atoms with Crippen LogP contribution in [0, 0.1) is 5.92 Å². The number of hydrogen-bond acceptors (Lipinski definition) is 1. The summed E-state index contributed by atoms with van der Waals surface area (Å²) in [5.41, 5.74) is -2.91. The molecule has 1 aromatic rings. The molecule has 1 aromatic carbocycles. The normalized spacial score (nSPS) is 27.9. The third-order valence-corrected chi connectivity index (χ3v) is 2.88. The summed E-state index contributed by atoms with van der Waals surface area (Å²) in [5.74, 6) is -2.42. The molecule has 0 aliphatic heterocycles. The van der Waals surface area contributed by atoms with E-state index in [0.29, 0.717) is 0 Å². The molecule has 92 valence electrons. The molecule has 6 heteroatoms. The molecule has 1 aliphatic carbocycles. The molecule has 0 bridgehead atoms. The van der Waals surface area contributed by atoms with E-state index in [9.17, 15) is 22.4 Å². The molecule has 0 heterocycles. The summed E-state index contributed by atoms with van der Waals surface area (Å²) in [6, 6.07) is 3.50. The summed E-state index contributed by atoms with van der Waals surface area (Å²) in [6.45, 7) is 0. The van der Waals surface area contributed by atoms with E-state index in [1.807, 2.05) is 0 Å². The van der Waals surface area contributed by atoms with Crippen molar-refractivity contribution in [2.75, 3.05) is 0 Å². The SMILES string of the molecule is O=C(O)[C@@H]1C[C@]1(F)c1ccc(C(F)(F)F)cc1. The fourth-order valence-electron chi connectivity index (χ4n) is 1.78. The van der Waals surface area contributed by atoms with Crippen LogP contribution in [0.2, 0.25) is 0 Å². The second-order valence-electron chi connectivity index (χ2n) is 4.03. The van der Waals surface area contributed by atoms with Crippen LogP contribution in [0.1, 0.15) is 17.5 Å². The minimum Gasteiger partial charge on any atom is -0.481 e. The topological polar surface area (TPSA) is 37.3 Å². The van der Waals surface area contributed by atoms with Gasteiger partial charge in [0.1, 0.15) is 5.67 Å². The summed E-state index contributed by atoms with van der Waals surface area (Å²) in [4.78, 5) is 10.6. The lowest BCUT2D eigenvalue weighted by Gasteiger charge is -2.10. The highest BCUT2D eigenvalue weighted by atomic mass is 19.4. The molecule has 1 saturated carbocycles. The molecular formula is C11H8F4O2. The first-order chi connectivity index (χ1) is 7.75. The molecule has 0 spiro atoms. The minimum atomic E-state index is -4.47. The van der Waals surface area contributed by atoms with Crippen LogP contribution in [0.5, 0.6) is 0 Å². The Morgan fingerprint density at radius 3 is 2.18 bits per heavy atom. The molecule has 0 amide bonds. The Hall–Kier alpha value is -1.59. The summed E-state index contributed by atoms with van der Waals surface area (Å²) >= 11 is 0. The molecule has 0 unspecified atom stereocenters. The average Bonchev–Trinajstić information content (AvgIpc) is 2.92. The molecule has 0 saturated heterocycles. The van der Waals surface area contributed by atoms with Gasteiger partial charge in [-0.2, -0.15) is 13.2 Å². The highest BCUT2D eigenvalue weighted by molar-refractivity contribution is 5.76. The molecule has 1 aliphatic rings. The van der Waals surface area contributed by atoms with E-state index in [-0.39, 0.29) is 12.0 Å². The van der Waals surface area contributed by atoms with Crippen LogP contribution >= 0.6 is 0 Å². The Labute approximate surface area is 93.9 Å². The molecule has 1 N–H and O–H groups in total. The van der Waals surface area contributed by atoms with Crippen LogP contribution in [-0.2, 0) is 16.6 Å². The van der Waals surface area contributed by atoms with Crippen molar-refractivity contribution in [3.8, 4) is 0 Å². The van der Waals surface area contributed by atoms with Crippen molar-refractivity contribution in [2.45, 2.75) is 18.3 Å². The van der Waals surface area contributed by atoms with Crippen LogP contribution in [0.4, 0.5) is 17.6 Å². The fraction of sp³-hybridized carbons (Fsp3) is 0.364. The van der Waals surface area contributed by atoms with Crippen molar-refractivity contribution in [1.82, 2.24) is 0 Å². The number of carboxylic acid groups (broad SMARTS) is 1. The van der Waals surface area contributed by atoms with Crippen molar-refractivity contribution in [3.05, 3.63) is 35.4 Å². The van der Waals surface area contributed by atoms with E-state index in [2.05, 4.69) is 0 Å². The van der Waals surface area contributed by atoms with E-state index in [0.717, 1.165) is 24.3 Å². The number of carbonyl (C=O) groups is 1. The largest absolute Gasteiger partial charge is 0.481 e. The van der Waals surface area contributed by atoms with Gasteiger partial charge in [0.25, 0.3) is 0 Å². The lowest BCUT2D eigenvalue weighted by atomic mass is 10.0. The van der Waals surface area contributed by atoms with Crippen LogP contribution < -0.4 is 0 Å². The standard InChI is InChI=1S/C11H8F4O2/c12-10(5-8(10)9(16)17)6-1-3-7(4-2-6)11(13,14)15/h1-4,8H,5H2,(H,16,17)/t8-,10-/m0/s1. The average molecular weight is 248 g/mol. The summed E-state index contributed by atoms with van der Waals surface area (Å²) in [5, 5.41) is 8.61. The maximum Gasteiger partial charge on any atom is 0.416 e. The molecule has 0 radical (unpaired) electrons. The number of aliphatic carboxylic acids is 1. The van der Waals surface area contributed by atoms with E-state index < -0.39 is 29.3 Å². The smallest absolute Gasteiger partial charge is 0.416 e. The number of benzene rings is 1. The third kappa shape index (κ3) is 1.99. The van der Waals surface area contributed by atoms with Gasteiger partial charge in [-0.05, 0) is 17.7 Å². The minimum absolute atomic E-state index is 0.0158. The number of rotatable bonds is 2. The molecule has 17 heavy (non-hydrogen) atoms. The Balaban J connectivity index is 2.23. The lowest BCUT2D eigenvalue weighted by Crippen LogP contribution is -2.10. The molecule has 0 aromatic heterocycles. The van der Waals surface area contributed by atoms with Gasteiger partial charge in [0.15, 0.2) is 0 Å². The molecular weight excluding hydrogens is 240 g/mol. The quantitative estimate of drug-likeness (QED) is 0.817. The van der Waals surface area contributed by atoms with Gasteiger partial charge in [-0.25, -0.2) is 4.39 Å². The molecule has 1 fully saturated rings. The second kappa shape index (κ2) is 3.45. The highest BCUT2D eigenvalue weighted by Crippen LogP contribution is 2.55. The van der Waals surface area contributed by atoms with Gasteiger partial charge >= 0.3 is 12.1 Å². The van der Waals surface area contributed by atoms with Crippen molar-refractivity contribution < 1.29 is 27.5 Å². The first-order valence-corrected chi connectivity index (χ1v) is 4.84. The van der Waals surface area contributed by atoms with Crippen LogP contribution in [0.15, 0.2) is 24.3 Å². The maximum absolute atomic E-state index is 13.9. The Bertz CT molecular complexity index is 452. The zero-order valence-corrected chi connectivity index (χ0v) is 8.46. The van der Waals surface area contributed by atoms with Crippen molar-refractivity contribution in [2.24, 2.45) is 5.92 Å². The Morgan fingerprint density at radius 2 is 1.82 bits per heavy atom. The van der Waals surface area contributed by atoms with Gasteiger partial charge < -0.3 is 5.11 Å². The van der Waals surface area contributed by atoms with Gasteiger partial charge in [-0.15, -0.1) is 0 Å². The van der Waals surface area contributed by atoms with Gasteiger partial charge in [-0.1, -0.05) is 12.1 Å². The Kier molecular flexibility index (Phi) is 2.41. The second-order valence-corrected chi connectivity index (χ2v) is 4.03. The predicted octanol–water partition coefficient (Wildman–Crippen LogP) is 2.97. The Morgan fingerprint density at radius 1 is 1.29 bits per heavy atom. The molecule has 2 nitrogen and oxygen atoms in total. The zero-order valence-electron chi connectivity index (χ0n) is 8.46. The van der Waals surface area contributed by atoms with Gasteiger partial charge in [-0.3, -0.25) is 4.79 Å². The number of hydrogen-bond donors (Lipinski definition) is 1. The van der Waals surface area contributed by atoms with Gasteiger partial charge in [0, 0.05) is 6.42 Å². The number of halogens is 4. The van der Waals surface area contributed by atoms with Crippen molar-refractivity contribution in [1.29, 1.82) is 0 Å². The van der Waals surface area contributed by atoms with Crippen LogP contribution in [0.25, 0.3) is 0 Å². The maximum atomic E-state index is 13.9. The monoisotopic (exact) mass is 248 g/mol. The number of alkyl halides is 4. The first kappa shape index (κ1) is 11.9. The van der Waals surface area contributed by atoms with Gasteiger partial charge in [0.2, 0.25) is 0 Å². The summed E-state index contributed by atoms with van der Waals surface area (Å²) in [6.07, 6.45) is -4.66. The van der Waals surface area contributed by atoms with E-state index in [1.165, 1.54) is 0 Å². The van der Waals surface area contributed by atoms with Crippen LogP contribution in [0.3, 0.4) is 0 Å². The van der Waals surface area contributed by atoms with Gasteiger partial charge in [0.05, 0.1) is 11.5 Å². The summed E-state index contributed by atoms with van der Waals surface area (Å²) < 4.78 is 50.7. The third-order valence-electron chi connectivity index (χ3n) is 2.88. The van der Waals surface area contributed by atoms with E-state index in [4.69, 9.17) is 5.11 Å². The number of carboxylic acids is 1. The molecule has 2 rings (SSSR count). The molecule has 2 atom stereocenters. The highest BCUT2D eigenvalue weighted by Gasteiger charge is 2.61. The van der Waals surface area contributed by atoms with Crippen LogP contribution in [-0.4, -0.2) is 11.1 Å². The van der Waals surface area contributed by atoms with E-state index in [1.54, 1.807) is 0 Å². The zero-order chi connectivity index (χ0) is 12.8. The van der Waals surface area contributed by atoms with Crippen molar-refractivity contribution in [3.63, 3.8) is 0 Å². The summed E-state index contributed by atoms with van der Waals surface area (Å²) in [7, 11) is 0. The lowest BCUT2D eigenvalue weighted by molar-refractivity contribution is -0.140.